The third-order valence-corrected chi connectivity index (χ3v) is 2.75. The summed E-state index contributed by atoms with van der Waals surface area (Å²) in [6, 6.07) is 1.97. The van der Waals surface area contributed by atoms with E-state index in [0.29, 0.717) is 6.42 Å². The summed E-state index contributed by atoms with van der Waals surface area (Å²) in [6.07, 6.45) is 3.64. The molecule has 0 saturated carbocycles. The van der Waals surface area contributed by atoms with Gasteiger partial charge in [-0.05, 0) is 23.3 Å². The highest BCUT2D eigenvalue weighted by Crippen LogP contribution is 2.44. The third-order valence-electron chi connectivity index (χ3n) is 2.75. The highest BCUT2D eigenvalue weighted by molar-refractivity contribution is 5.99. The number of carbonyl (C=O) groups is 2. The molecular formula is C11H9NO3. The molecule has 0 aromatic heterocycles. The number of methoxy groups -OCH3 is 1. The Morgan fingerprint density at radius 3 is 2.87 bits per heavy atom. The van der Waals surface area contributed by atoms with Crippen LogP contribution in [-0.4, -0.2) is 18.9 Å². The lowest BCUT2D eigenvalue weighted by Gasteiger charge is -2.14. The molecule has 0 heterocycles. The summed E-state index contributed by atoms with van der Waals surface area (Å²) in [5.74, 6) is -0.520. The molecule has 0 aliphatic heterocycles. The van der Waals surface area contributed by atoms with Crippen molar-refractivity contribution < 1.29 is 14.3 Å². The van der Waals surface area contributed by atoms with Gasteiger partial charge in [0.1, 0.15) is 0 Å². The molecule has 2 aliphatic rings. The van der Waals surface area contributed by atoms with E-state index in [1.54, 1.807) is 6.08 Å². The Morgan fingerprint density at radius 2 is 2.33 bits per heavy atom. The molecule has 2 aliphatic carbocycles. The minimum absolute atomic E-state index is 0.0349. The van der Waals surface area contributed by atoms with E-state index in [1.807, 2.05) is 6.07 Å². The summed E-state index contributed by atoms with van der Waals surface area (Å²) in [5, 5.41) is 9.03. The molecule has 0 spiro atoms. The van der Waals surface area contributed by atoms with Crippen molar-refractivity contribution >= 4 is 11.8 Å². The fourth-order valence-electron chi connectivity index (χ4n) is 2.03. The van der Waals surface area contributed by atoms with Gasteiger partial charge in [-0.3, -0.25) is 4.79 Å². The van der Waals surface area contributed by atoms with Crippen LogP contribution in [0.25, 0.3) is 0 Å². The molecular weight excluding hydrogens is 194 g/mol. The first-order chi connectivity index (χ1) is 7.11. The van der Waals surface area contributed by atoms with Gasteiger partial charge in [-0.1, -0.05) is 0 Å². The zero-order chi connectivity index (χ0) is 11.1. The van der Waals surface area contributed by atoms with Gasteiger partial charge in [0.25, 0.3) is 0 Å². The van der Waals surface area contributed by atoms with Crippen molar-refractivity contribution in [3.8, 4) is 6.07 Å². The van der Waals surface area contributed by atoms with Gasteiger partial charge in [0.15, 0.2) is 11.2 Å². The molecule has 0 bridgehead atoms. The molecule has 1 unspecified atom stereocenters. The van der Waals surface area contributed by atoms with Crippen molar-refractivity contribution in [2.45, 2.75) is 12.8 Å². The number of nitrogens with zero attached hydrogens (tertiary/aromatic N) is 1. The highest BCUT2D eigenvalue weighted by Gasteiger charge is 2.45. The van der Waals surface area contributed by atoms with Gasteiger partial charge in [0.05, 0.1) is 13.2 Å². The van der Waals surface area contributed by atoms with E-state index in [2.05, 4.69) is 4.74 Å². The second-order valence-electron chi connectivity index (χ2n) is 3.73. The Bertz CT molecular complexity index is 453. The number of hydrogen-bond acceptors (Lipinski definition) is 4. The van der Waals surface area contributed by atoms with E-state index in [9.17, 15) is 9.59 Å². The number of fused-ring (bicyclic) bond motifs is 1. The molecule has 0 saturated heterocycles. The number of nitriles is 1. The zero-order valence-corrected chi connectivity index (χ0v) is 8.24. The first-order valence-electron chi connectivity index (χ1n) is 4.56. The van der Waals surface area contributed by atoms with E-state index in [4.69, 9.17) is 5.26 Å². The van der Waals surface area contributed by atoms with Gasteiger partial charge < -0.3 is 4.74 Å². The highest BCUT2D eigenvalue weighted by atomic mass is 16.5. The Kier molecular flexibility index (Phi) is 1.97. The lowest BCUT2D eigenvalue weighted by molar-refractivity contribution is -0.146. The molecule has 76 valence electrons. The van der Waals surface area contributed by atoms with Gasteiger partial charge in [0.2, 0.25) is 0 Å². The summed E-state index contributed by atoms with van der Waals surface area (Å²) in [7, 11) is 1.26. The average molecular weight is 203 g/mol. The molecule has 0 radical (unpaired) electrons. The van der Waals surface area contributed by atoms with Crippen molar-refractivity contribution in [3.63, 3.8) is 0 Å². The Hall–Kier alpha value is -1.89. The number of hydrogen-bond donors (Lipinski definition) is 0. The number of ether oxygens (including phenoxy) is 1. The molecule has 2 rings (SSSR count). The Balaban J connectivity index is 2.38. The van der Waals surface area contributed by atoms with Crippen molar-refractivity contribution in [2.24, 2.45) is 5.41 Å². The summed E-state index contributed by atoms with van der Waals surface area (Å²) >= 11 is 0. The minimum Gasteiger partial charge on any atom is -0.468 e. The van der Waals surface area contributed by atoms with Gasteiger partial charge >= 0.3 is 5.97 Å². The van der Waals surface area contributed by atoms with Crippen LogP contribution < -0.4 is 0 Å². The predicted molar refractivity (Wildman–Crippen MR) is 50.5 cm³/mol. The van der Waals surface area contributed by atoms with E-state index in [0.717, 1.165) is 11.1 Å². The molecule has 4 nitrogen and oxygen atoms in total. The normalized spacial score (nSPS) is 27.9. The van der Waals surface area contributed by atoms with E-state index >= 15 is 0 Å². The molecule has 0 N–H and O–H groups in total. The van der Waals surface area contributed by atoms with Crippen LogP contribution >= 0.6 is 0 Å². The van der Waals surface area contributed by atoms with Crippen LogP contribution in [0.1, 0.15) is 12.8 Å². The van der Waals surface area contributed by atoms with E-state index in [-0.39, 0.29) is 12.2 Å². The van der Waals surface area contributed by atoms with Crippen molar-refractivity contribution in [2.75, 3.05) is 7.11 Å². The molecule has 0 fully saturated rings. The molecule has 0 amide bonds. The van der Waals surface area contributed by atoms with E-state index in [1.165, 1.54) is 13.2 Å². The van der Waals surface area contributed by atoms with Crippen LogP contribution in [0.2, 0.25) is 0 Å². The van der Waals surface area contributed by atoms with Gasteiger partial charge in [-0.2, -0.15) is 5.26 Å². The van der Waals surface area contributed by atoms with Crippen LogP contribution in [0.3, 0.4) is 0 Å². The summed E-state index contributed by atoms with van der Waals surface area (Å²) in [4.78, 5) is 22.6. The summed E-state index contributed by atoms with van der Waals surface area (Å²) in [6.45, 7) is 0. The zero-order valence-electron chi connectivity index (χ0n) is 8.24. The number of ketones is 1. The maximum absolute atomic E-state index is 11.5. The van der Waals surface area contributed by atoms with Gasteiger partial charge in [-0.25, -0.2) is 4.79 Å². The van der Waals surface area contributed by atoms with Crippen LogP contribution in [0.15, 0.2) is 23.3 Å². The number of rotatable bonds is 1. The maximum atomic E-state index is 11.5. The van der Waals surface area contributed by atoms with Crippen molar-refractivity contribution in [1.82, 2.24) is 0 Å². The first-order valence-corrected chi connectivity index (χ1v) is 4.56. The number of esters is 1. The third kappa shape index (κ3) is 1.28. The fourth-order valence-corrected chi connectivity index (χ4v) is 2.03. The second kappa shape index (κ2) is 3.06. The van der Waals surface area contributed by atoms with Gasteiger partial charge in [0, 0.05) is 12.8 Å². The van der Waals surface area contributed by atoms with Crippen LogP contribution in [0.4, 0.5) is 0 Å². The van der Waals surface area contributed by atoms with Crippen molar-refractivity contribution in [1.29, 1.82) is 5.26 Å². The fraction of sp³-hybridized carbons (Fsp3) is 0.364. The lowest BCUT2D eigenvalue weighted by Crippen LogP contribution is -2.26. The molecule has 15 heavy (non-hydrogen) atoms. The lowest BCUT2D eigenvalue weighted by atomic mass is 9.88. The largest absolute Gasteiger partial charge is 0.468 e. The smallest absolute Gasteiger partial charge is 0.330 e. The maximum Gasteiger partial charge on any atom is 0.330 e. The SMILES string of the molecule is COC(=O)C1(C#N)C=C2CC(=O)C=C2C1. The average Bonchev–Trinajstić information content (AvgIpc) is 2.71. The second-order valence-corrected chi connectivity index (χ2v) is 3.73. The minimum atomic E-state index is -1.21. The summed E-state index contributed by atoms with van der Waals surface area (Å²) in [5.41, 5.74) is 0.385. The van der Waals surface area contributed by atoms with Gasteiger partial charge in [-0.15, -0.1) is 0 Å². The first kappa shape index (κ1) is 9.66. The summed E-state index contributed by atoms with van der Waals surface area (Å²) < 4.78 is 4.60. The van der Waals surface area contributed by atoms with Crippen LogP contribution in [-0.2, 0) is 14.3 Å². The van der Waals surface area contributed by atoms with Crippen LogP contribution in [0.5, 0.6) is 0 Å². The topological polar surface area (TPSA) is 67.2 Å². The Morgan fingerprint density at radius 1 is 1.60 bits per heavy atom. The molecule has 4 heteroatoms. The number of carbonyl (C=O) groups excluding carboxylic acids is 2. The quantitative estimate of drug-likeness (QED) is 0.594. The van der Waals surface area contributed by atoms with Crippen LogP contribution in [0, 0.1) is 16.7 Å². The monoisotopic (exact) mass is 203 g/mol. The molecule has 0 aromatic carbocycles. The number of allylic oxidation sites excluding steroid dienone is 3. The molecule has 1 atom stereocenters. The van der Waals surface area contributed by atoms with Crippen molar-refractivity contribution in [3.05, 3.63) is 23.3 Å². The molecule has 0 aromatic rings. The Labute approximate surface area is 86.8 Å². The standard InChI is InChI=1S/C11H9NO3/c1-15-10(14)11(6-12)4-7-2-9(13)3-8(7)5-11/h2,5H,3-4H2,1H3. The van der Waals surface area contributed by atoms with E-state index < -0.39 is 11.4 Å². The predicted octanol–water partition coefficient (Wildman–Crippen LogP) is 0.899.